The quantitative estimate of drug-likeness (QED) is 0.821. The summed E-state index contributed by atoms with van der Waals surface area (Å²) < 4.78 is 22.3. The van der Waals surface area contributed by atoms with Crippen molar-refractivity contribution in [3.8, 4) is 0 Å². The largest absolute Gasteiger partial charge is 0.313 e. The minimum Gasteiger partial charge on any atom is -0.313 e. The fraction of sp³-hybridized carbons (Fsp3) is 0.500. The number of hydrogen-bond acceptors (Lipinski definition) is 3. The summed E-state index contributed by atoms with van der Waals surface area (Å²) in [5.41, 5.74) is 1.23. The van der Waals surface area contributed by atoms with Gasteiger partial charge in [-0.3, -0.25) is 0 Å². The maximum Gasteiger partial charge on any atom is 0.209 e. The van der Waals surface area contributed by atoms with E-state index in [0.717, 1.165) is 19.4 Å². The summed E-state index contributed by atoms with van der Waals surface area (Å²) in [5, 5.41) is 8.47. The van der Waals surface area contributed by atoms with Gasteiger partial charge in [0.15, 0.2) is 0 Å². The Morgan fingerprint density at radius 2 is 2.00 bits per heavy atom. The van der Waals surface area contributed by atoms with Gasteiger partial charge >= 0.3 is 0 Å². The van der Waals surface area contributed by atoms with Crippen LogP contribution < -0.4 is 10.5 Å². The number of nitrogens with two attached hydrogens (primary N) is 1. The molecule has 5 heteroatoms. The SMILES string of the molecule is NS(=O)(=O)CC1CCNC1Cc1ccccc1. The van der Waals surface area contributed by atoms with E-state index < -0.39 is 10.0 Å². The third kappa shape index (κ3) is 3.80. The van der Waals surface area contributed by atoms with Crippen molar-refractivity contribution in [2.24, 2.45) is 11.1 Å². The number of nitrogens with one attached hydrogen (secondary N) is 1. The Morgan fingerprint density at radius 1 is 1.29 bits per heavy atom. The molecular formula is C12H18N2O2S. The second-order valence-electron chi connectivity index (χ2n) is 4.63. The zero-order valence-corrected chi connectivity index (χ0v) is 10.5. The summed E-state index contributed by atoms with van der Waals surface area (Å²) in [6, 6.07) is 10.3. The number of sulfonamides is 1. The van der Waals surface area contributed by atoms with Gasteiger partial charge < -0.3 is 5.32 Å². The molecule has 1 saturated heterocycles. The molecule has 1 aliphatic heterocycles. The molecule has 0 aromatic heterocycles. The van der Waals surface area contributed by atoms with E-state index in [4.69, 9.17) is 5.14 Å². The van der Waals surface area contributed by atoms with Gasteiger partial charge in [-0.2, -0.15) is 0 Å². The van der Waals surface area contributed by atoms with Gasteiger partial charge in [0.1, 0.15) is 0 Å². The fourth-order valence-electron chi connectivity index (χ4n) is 2.43. The number of rotatable bonds is 4. The van der Waals surface area contributed by atoms with Crippen molar-refractivity contribution in [2.75, 3.05) is 12.3 Å². The molecule has 2 atom stereocenters. The molecule has 1 aromatic rings. The van der Waals surface area contributed by atoms with Crippen molar-refractivity contribution in [3.63, 3.8) is 0 Å². The summed E-state index contributed by atoms with van der Waals surface area (Å²) in [6.07, 6.45) is 1.74. The van der Waals surface area contributed by atoms with Crippen LogP contribution in [0.15, 0.2) is 30.3 Å². The first-order chi connectivity index (χ1) is 8.04. The molecule has 3 N–H and O–H groups in total. The number of hydrogen-bond donors (Lipinski definition) is 2. The van der Waals surface area contributed by atoms with Crippen molar-refractivity contribution < 1.29 is 8.42 Å². The Morgan fingerprint density at radius 3 is 2.65 bits per heavy atom. The summed E-state index contributed by atoms with van der Waals surface area (Å²) in [4.78, 5) is 0. The third-order valence-corrected chi connectivity index (χ3v) is 4.13. The average Bonchev–Trinajstić information content (AvgIpc) is 2.65. The monoisotopic (exact) mass is 254 g/mol. The molecule has 0 radical (unpaired) electrons. The highest BCUT2D eigenvalue weighted by atomic mass is 32.2. The van der Waals surface area contributed by atoms with E-state index in [9.17, 15) is 8.42 Å². The normalized spacial score (nSPS) is 25.0. The van der Waals surface area contributed by atoms with Gasteiger partial charge in [0.25, 0.3) is 0 Å². The highest BCUT2D eigenvalue weighted by Gasteiger charge is 2.29. The van der Waals surface area contributed by atoms with Gasteiger partial charge in [-0.25, -0.2) is 13.6 Å². The Balaban J connectivity index is 2.01. The minimum atomic E-state index is -3.37. The first-order valence-corrected chi connectivity index (χ1v) is 7.54. The second-order valence-corrected chi connectivity index (χ2v) is 6.29. The molecule has 0 spiro atoms. The molecule has 1 aromatic carbocycles. The maximum atomic E-state index is 11.1. The molecule has 2 unspecified atom stereocenters. The predicted molar refractivity (Wildman–Crippen MR) is 68.0 cm³/mol. The van der Waals surface area contributed by atoms with E-state index in [1.54, 1.807) is 0 Å². The van der Waals surface area contributed by atoms with E-state index in [1.807, 2.05) is 18.2 Å². The average molecular weight is 254 g/mol. The van der Waals surface area contributed by atoms with Crippen LogP contribution in [-0.4, -0.2) is 26.8 Å². The Labute approximate surface area is 102 Å². The Kier molecular flexibility index (Phi) is 3.81. The molecule has 2 rings (SSSR count). The summed E-state index contributed by atoms with van der Waals surface area (Å²) in [7, 11) is -3.37. The lowest BCUT2D eigenvalue weighted by Crippen LogP contribution is -2.34. The molecule has 17 heavy (non-hydrogen) atoms. The van der Waals surface area contributed by atoms with Crippen molar-refractivity contribution >= 4 is 10.0 Å². The minimum absolute atomic E-state index is 0.0809. The van der Waals surface area contributed by atoms with E-state index in [0.29, 0.717) is 0 Å². The van der Waals surface area contributed by atoms with Gasteiger partial charge in [-0.05, 0) is 30.9 Å². The first kappa shape index (κ1) is 12.5. The van der Waals surface area contributed by atoms with Gasteiger partial charge in [0, 0.05) is 6.04 Å². The van der Waals surface area contributed by atoms with Gasteiger partial charge in [0.05, 0.1) is 5.75 Å². The molecule has 94 valence electrons. The van der Waals surface area contributed by atoms with Crippen LogP contribution >= 0.6 is 0 Å². The molecule has 1 aliphatic rings. The zero-order chi connectivity index (χ0) is 12.3. The van der Waals surface area contributed by atoms with Crippen LogP contribution in [0.25, 0.3) is 0 Å². The molecule has 0 bridgehead atoms. The summed E-state index contributed by atoms with van der Waals surface area (Å²) in [5.74, 6) is 0.211. The van der Waals surface area contributed by atoms with Crippen molar-refractivity contribution in [3.05, 3.63) is 35.9 Å². The van der Waals surface area contributed by atoms with Crippen molar-refractivity contribution in [1.29, 1.82) is 0 Å². The zero-order valence-electron chi connectivity index (χ0n) is 9.67. The second kappa shape index (κ2) is 5.16. The standard InChI is InChI=1S/C12H18N2O2S/c13-17(15,16)9-11-6-7-14-12(11)8-10-4-2-1-3-5-10/h1-5,11-12,14H,6-9H2,(H2,13,15,16). The van der Waals surface area contributed by atoms with E-state index in [1.165, 1.54) is 5.56 Å². The molecular weight excluding hydrogens is 236 g/mol. The van der Waals surface area contributed by atoms with Crippen LogP contribution in [0, 0.1) is 5.92 Å². The van der Waals surface area contributed by atoms with E-state index >= 15 is 0 Å². The highest BCUT2D eigenvalue weighted by Crippen LogP contribution is 2.20. The van der Waals surface area contributed by atoms with Crippen LogP contribution in [0.2, 0.25) is 0 Å². The molecule has 1 heterocycles. The Bertz CT molecular complexity index is 459. The summed E-state index contributed by atoms with van der Waals surface area (Å²) >= 11 is 0. The van der Waals surface area contributed by atoms with Gasteiger partial charge in [-0.15, -0.1) is 0 Å². The third-order valence-electron chi connectivity index (χ3n) is 3.24. The number of benzene rings is 1. The van der Waals surface area contributed by atoms with Crippen molar-refractivity contribution in [2.45, 2.75) is 18.9 Å². The first-order valence-electron chi connectivity index (χ1n) is 5.82. The van der Waals surface area contributed by atoms with Crippen LogP contribution in [0.4, 0.5) is 0 Å². The molecule has 1 fully saturated rings. The molecule has 0 saturated carbocycles. The molecule has 4 nitrogen and oxygen atoms in total. The van der Waals surface area contributed by atoms with Gasteiger partial charge in [0.2, 0.25) is 10.0 Å². The topological polar surface area (TPSA) is 72.2 Å². The maximum absolute atomic E-state index is 11.1. The van der Waals surface area contributed by atoms with Crippen LogP contribution in [0.1, 0.15) is 12.0 Å². The predicted octanol–water partition coefficient (Wildman–Crippen LogP) is 0.496. The molecule has 0 aliphatic carbocycles. The lowest BCUT2D eigenvalue weighted by molar-refractivity contribution is 0.474. The molecule has 0 amide bonds. The van der Waals surface area contributed by atoms with Crippen LogP contribution in [0.3, 0.4) is 0 Å². The highest BCUT2D eigenvalue weighted by molar-refractivity contribution is 7.89. The van der Waals surface area contributed by atoms with E-state index in [-0.39, 0.29) is 17.7 Å². The van der Waals surface area contributed by atoms with E-state index in [2.05, 4.69) is 17.4 Å². The fourth-order valence-corrected chi connectivity index (χ4v) is 3.42. The smallest absolute Gasteiger partial charge is 0.209 e. The van der Waals surface area contributed by atoms with Crippen LogP contribution in [0.5, 0.6) is 0 Å². The van der Waals surface area contributed by atoms with Crippen molar-refractivity contribution in [1.82, 2.24) is 5.32 Å². The lowest BCUT2D eigenvalue weighted by Gasteiger charge is -2.18. The lowest BCUT2D eigenvalue weighted by atomic mass is 9.96. The summed E-state index contributed by atoms with van der Waals surface area (Å²) in [6.45, 7) is 0.873. The number of primary sulfonamides is 1. The van der Waals surface area contributed by atoms with Crippen LogP contribution in [-0.2, 0) is 16.4 Å². The van der Waals surface area contributed by atoms with Gasteiger partial charge in [-0.1, -0.05) is 30.3 Å². The Hall–Kier alpha value is -0.910.